The summed E-state index contributed by atoms with van der Waals surface area (Å²) in [4.78, 5) is 0. The third-order valence-corrected chi connectivity index (χ3v) is 8.10. The van der Waals surface area contributed by atoms with Crippen LogP contribution in [0.15, 0.2) is 30.3 Å². The maximum atomic E-state index is 9.81. The van der Waals surface area contributed by atoms with Gasteiger partial charge in [0, 0.05) is 0 Å². The second-order valence-electron chi connectivity index (χ2n) is 10.3. The lowest BCUT2D eigenvalue weighted by Crippen LogP contribution is -2.31. The molecule has 1 aromatic carbocycles. The van der Waals surface area contributed by atoms with Crippen LogP contribution in [-0.2, 0) is 15.9 Å². The third kappa shape index (κ3) is 8.18. The first kappa shape index (κ1) is 24.7. The van der Waals surface area contributed by atoms with E-state index < -0.39 is 0 Å². The van der Waals surface area contributed by atoms with Crippen molar-refractivity contribution in [2.24, 2.45) is 23.7 Å². The fourth-order valence-electron chi connectivity index (χ4n) is 6.03. The summed E-state index contributed by atoms with van der Waals surface area (Å²) in [6, 6.07) is 10.5. The Kier molecular flexibility index (Phi) is 10.3. The molecule has 0 aromatic heterocycles. The normalized spacial score (nSPS) is 29.9. The summed E-state index contributed by atoms with van der Waals surface area (Å²) in [7, 11) is 0. The highest BCUT2D eigenvalue weighted by molar-refractivity contribution is 5.14. The molecule has 31 heavy (non-hydrogen) atoms. The van der Waals surface area contributed by atoms with E-state index in [2.05, 4.69) is 51.1 Å². The third-order valence-electron chi connectivity index (χ3n) is 8.10. The highest BCUT2D eigenvalue weighted by atomic mass is 16.7. The monoisotopic (exact) mass is 430 g/mol. The van der Waals surface area contributed by atoms with Crippen LogP contribution in [0.4, 0.5) is 0 Å². The average Bonchev–Trinajstić information content (AvgIpc) is 2.79. The molecular formula is C28H46O3. The topological polar surface area (TPSA) is 38.7 Å². The molecule has 3 unspecified atom stereocenters. The summed E-state index contributed by atoms with van der Waals surface area (Å²) >= 11 is 0. The Bertz CT molecular complexity index is 588. The largest absolute Gasteiger partial charge is 0.393 e. The van der Waals surface area contributed by atoms with E-state index in [4.69, 9.17) is 9.47 Å². The minimum Gasteiger partial charge on any atom is -0.393 e. The molecule has 2 aliphatic carbocycles. The molecular weight excluding hydrogens is 384 g/mol. The molecule has 1 N–H and O–H groups in total. The molecule has 3 rings (SSSR count). The Hall–Kier alpha value is -0.900. The molecule has 2 fully saturated rings. The Labute approximate surface area is 190 Å². The van der Waals surface area contributed by atoms with Crippen molar-refractivity contribution in [2.75, 3.05) is 6.61 Å². The van der Waals surface area contributed by atoms with Crippen molar-refractivity contribution in [2.45, 2.75) is 110 Å². The highest BCUT2D eigenvalue weighted by Gasteiger charge is 2.31. The first-order chi connectivity index (χ1) is 15.0. The fraction of sp³-hybridized carbons (Fsp3) is 0.786. The van der Waals surface area contributed by atoms with E-state index in [1.807, 2.05) is 0 Å². The van der Waals surface area contributed by atoms with Gasteiger partial charge in [0.15, 0.2) is 6.29 Å². The molecule has 0 saturated heterocycles. The van der Waals surface area contributed by atoms with Crippen LogP contribution in [-0.4, -0.2) is 30.2 Å². The summed E-state index contributed by atoms with van der Waals surface area (Å²) in [6.45, 7) is 7.62. The number of ether oxygens (including phenoxy) is 2. The van der Waals surface area contributed by atoms with Gasteiger partial charge in [-0.25, -0.2) is 0 Å². The maximum absolute atomic E-state index is 9.81. The quantitative estimate of drug-likeness (QED) is 0.394. The van der Waals surface area contributed by atoms with Gasteiger partial charge in [-0.2, -0.15) is 0 Å². The van der Waals surface area contributed by atoms with Crippen LogP contribution in [0.25, 0.3) is 0 Å². The smallest absolute Gasteiger partial charge is 0.155 e. The number of aliphatic hydroxyl groups is 1. The minimum absolute atomic E-state index is 0.0367. The van der Waals surface area contributed by atoms with Crippen molar-refractivity contribution in [1.29, 1.82) is 0 Å². The van der Waals surface area contributed by atoms with E-state index >= 15 is 0 Å². The molecule has 3 atom stereocenters. The summed E-state index contributed by atoms with van der Waals surface area (Å²) in [5, 5.41) is 9.81. The van der Waals surface area contributed by atoms with Crippen molar-refractivity contribution in [3.05, 3.63) is 35.9 Å². The van der Waals surface area contributed by atoms with E-state index in [-0.39, 0.29) is 12.4 Å². The predicted molar refractivity (Wildman–Crippen MR) is 128 cm³/mol. The number of hydrogen-bond acceptors (Lipinski definition) is 3. The van der Waals surface area contributed by atoms with Crippen LogP contribution >= 0.6 is 0 Å². The van der Waals surface area contributed by atoms with Gasteiger partial charge in [-0.1, -0.05) is 50.6 Å². The van der Waals surface area contributed by atoms with Gasteiger partial charge >= 0.3 is 0 Å². The van der Waals surface area contributed by atoms with Gasteiger partial charge in [-0.3, -0.25) is 0 Å². The van der Waals surface area contributed by atoms with Gasteiger partial charge in [-0.05, 0) is 100 Å². The molecule has 2 saturated carbocycles. The summed E-state index contributed by atoms with van der Waals surface area (Å²) < 4.78 is 12.2. The zero-order valence-corrected chi connectivity index (χ0v) is 20.2. The zero-order chi connectivity index (χ0) is 22.1. The SMILES string of the molecule is CCC(CC(C)C1CCC(O)CC1)C1CCC(OC(C)OCCc2ccccc2)CC1. The maximum Gasteiger partial charge on any atom is 0.155 e. The van der Waals surface area contributed by atoms with Gasteiger partial charge in [0.05, 0.1) is 18.8 Å². The number of aliphatic hydroxyl groups excluding tert-OH is 1. The van der Waals surface area contributed by atoms with Crippen LogP contribution in [0.5, 0.6) is 0 Å². The zero-order valence-electron chi connectivity index (χ0n) is 20.2. The van der Waals surface area contributed by atoms with Crippen molar-refractivity contribution >= 4 is 0 Å². The van der Waals surface area contributed by atoms with Gasteiger partial charge < -0.3 is 14.6 Å². The molecule has 0 aliphatic heterocycles. The lowest BCUT2D eigenvalue weighted by atomic mass is 9.70. The molecule has 3 heteroatoms. The van der Waals surface area contributed by atoms with E-state index in [0.29, 0.717) is 12.7 Å². The Morgan fingerprint density at radius 1 is 0.903 bits per heavy atom. The first-order valence-corrected chi connectivity index (χ1v) is 13.0. The minimum atomic E-state index is -0.117. The predicted octanol–water partition coefficient (Wildman–Crippen LogP) is 6.77. The van der Waals surface area contributed by atoms with Crippen LogP contribution in [0.1, 0.15) is 90.5 Å². The molecule has 0 bridgehead atoms. The highest BCUT2D eigenvalue weighted by Crippen LogP contribution is 2.40. The lowest BCUT2D eigenvalue weighted by Gasteiger charge is -2.37. The first-order valence-electron chi connectivity index (χ1n) is 13.0. The standard InChI is InChI=1S/C28H46O3/c1-4-24(20-21(2)25-10-14-27(29)15-11-25)26-12-16-28(17-13-26)31-22(3)30-19-18-23-8-6-5-7-9-23/h5-9,21-22,24-29H,4,10-20H2,1-3H3. The fourth-order valence-corrected chi connectivity index (χ4v) is 6.03. The van der Waals surface area contributed by atoms with Gasteiger partial charge in [0.2, 0.25) is 0 Å². The Morgan fingerprint density at radius 3 is 2.19 bits per heavy atom. The van der Waals surface area contributed by atoms with Crippen molar-refractivity contribution in [3.8, 4) is 0 Å². The summed E-state index contributed by atoms with van der Waals surface area (Å²) in [5.74, 6) is 3.33. The van der Waals surface area contributed by atoms with Gasteiger partial charge in [-0.15, -0.1) is 0 Å². The molecule has 0 heterocycles. The average molecular weight is 431 g/mol. The van der Waals surface area contributed by atoms with Crippen LogP contribution < -0.4 is 0 Å². The van der Waals surface area contributed by atoms with Crippen molar-refractivity contribution in [1.82, 2.24) is 0 Å². The molecule has 2 aliphatic rings. The molecule has 176 valence electrons. The van der Waals surface area contributed by atoms with Crippen molar-refractivity contribution in [3.63, 3.8) is 0 Å². The van der Waals surface area contributed by atoms with Gasteiger partial charge in [0.1, 0.15) is 0 Å². The lowest BCUT2D eigenvalue weighted by molar-refractivity contribution is -0.168. The van der Waals surface area contributed by atoms with Gasteiger partial charge in [0.25, 0.3) is 0 Å². The Balaban J connectivity index is 1.33. The second kappa shape index (κ2) is 13.0. The molecule has 0 spiro atoms. The van der Waals surface area contributed by atoms with E-state index in [0.717, 1.165) is 42.9 Å². The number of hydrogen-bond donors (Lipinski definition) is 1. The van der Waals surface area contributed by atoms with Crippen LogP contribution in [0.2, 0.25) is 0 Å². The molecule has 1 aromatic rings. The molecule has 3 nitrogen and oxygen atoms in total. The second-order valence-corrected chi connectivity index (χ2v) is 10.3. The summed E-state index contributed by atoms with van der Waals surface area (Å²) in [6.07, 6.45) is 13.3. The van der Waals surface area contributed by atoms with E-state index in [1.165, 1.54) is 56.9 Å². The number of benzene rings is 1. The van der Waals surface area contributed by atoms with Crippen LogP contribution in [0.3, 0.4) is 0 Å². The van der Waals surface area contributed by atoms with Crippen LogP contribution in [0, 0.1) is 23.7 Å². The molecule has 0 radical (unpaired) electrons. The molecule has 0 amide bonds. The van der Waals surface area contributed by atoms with E-state index in [9.17, 15) is 5.11 Å². The van der Waals surface area contributed by atoms with Crippen molar-refractivity contribution < 1.29 is 14.6 Å². The summed E-state index contributed by atoms with van der Waals surface area (Å²) in [5.41, 5.74) is 1.32. The van der Waals surface area contributed by atoms with E-state index in [1.54, 1.807) is 0 Å². The number of rotatable bonds is 11. The Morgan fingerprint density at radius 2 is 1.55 bits per heavy atom.